The SMILES string of the molecule is COc1cccc(N)c1C(=O)Nc1cc(F)cc(F)c1. The number of methoxy groups -OCH3 is 1. The maximum atomic E-state index is 13.1. The molecule has 0 heterocycles. The molecule has 0 spiro atoms. The summed E-state index contributed by atoms with van der Waals surface area (Å²) < 4.78 is 31.2. The van der Waals surface area contributed by atoms with Gasteiger partial charge in [0.15, 0.2) is 0 Å². The molecule has 2 aromatic rings. The Morgan fingerprint density at radius 3 is 2.45 bits per heavy atom. The Hall–Kier alpha value is -2.63. The number of carbonyl (C=O) groups excluding carboxylic acids is 1. The highest BCUT2D eigenvalue weighted by Gasteiger charge is 2.16. The van der Waals surface area contributed by atoms with Gasteiger partial charge in [-0.1, -0.05) is 6.07 Å². The van der Waals surface area contributed by atoms with E-state index in [4.69, 9.17) is 10.5 Å². The van der Waals surface area contributed by atoms with Crippen LogP contribution in [0.2, 0.25) is 0 Å². The summed E-state index contributed by atoms with van der Waals surface area (Å²) in [4.78, 5) is 12.1. The fourth-order valence-electron chi connectivity index (χ4n) is 1.78. The Balaban J connectivity index is 2.33. The molecule has 0 radical (unpaired) electrons. The number of nitrogens with one attached hydrogen (secondary N) is 1. The molecule has 0 unspecified atom stereocenters. The fraction of sp³-hybridized carbons (Fsp3) is 0.0714. The van der Waals surface area contributed by atoms with Crippen molar-refractivity contribution in [2.45, 2.75) is 0 Å². The number of amides is 1. The van der Waals surface area contributed by atoms with Gasteiger partial charge in [-0.15, -0.1) is 0 Å². The van der Waals surface area contributed by atoms with Gasteiger partial charge in [0.2, 0.25) is 0 Å². The third-order valence-corrected chi connectivity index (χ3v) is 2.63. The molecule has 0 fully saturated rings. The lowest BCUT2D eigenvalue weighted by Gasteiger charge is -2.11. The number of carbonyl (C=O) groups is 1. The first-order valence-corrected chi connectivity index (χ1v) is 5.71. The van der Waals surface area contributed by atoms with E-state index in [2.05, 4.69) is 5.32 Å². The molecule has 104 valence electrons. The van der Waals surface area contributed by atoms with Crippen molar-refractivity contribution in [1.29, 1.82) is 0 Å². The molecule has 0 aliphatic heterocycles. The molecule has 0 atom stereocenters. The molecule has 0 saturated heterocycles. The summed E-state index contributed by atoms with van der Waals surface area (Å²) in [5.41, 5.74) is 6.04. The van der Waals surface area contributed by atoms with Crippen LogP contribution in [0.15, 0.2) is 36.4 Å². The highest BCUT2D eigenvalue weighted by Crippen LogP contribution is 2.25. The van der Waals surface area contributed by atoms with Gasteiger partial charge in [-0.05, 0) is 24.3 Å². The van der Waals surface area contributed by atoms with Crippen LogP contribution in [0, 0.1) is 11.6 Å². The molecule has 1 amide bonds. The smallest absolute Gasteiger partial charge is 0.261 e. The molecule has 2 aromatic carbocycles. The highest BCUT2D eigenvalue weighted by atomic mass is 19.1. The second kappa shape index (κ2) is 5.56. The molecule has 6 heteroatoms. The molecule has 0 bridgehead atoms. The average molecular weight is 278 g/mol. The summed E-state index contributed by atoms with van der Waals surface area (Å²) in [6.45, 7) is 0. The number of benzene rings is 2. The third-order valence-electron chi connectivity index (χ3n) is 2.63. The quantitative estimate of drug-likeness (QED) is 0.848. The number of nitrogens with two attached hydrogens (primary N) is 1. The van der Waals surface area contributed by atoms with Gasteiger partial charge in [-0.2, -0.15) is 0 Å². The van der Waals surface area contributed by atoms with Crippen LogP contribution in [0.3, 0.4) is 0 Å². The number of halogens is 2. The lowest BCUT2D eigenvalue weighted by molar-refractivity contribution is 0.102. The van der Waals surface area contributed by atoms with Crippen LogP contribution in [-0.4, -0.2) is 13.0 Å². The second-order valence-corrected chi connectivity index (χ2v) is 4.04. The number of ether oxygens (including phenoxy) is 1. The maximum Gasteiger partial charge on any atom is 0.261 e. The number of rotatable bonds is 3. The Kier molecular flexibility index (Phi) is 3.84. The van der Waals surface area contributed by atoms with Crippen LogP contribution in [0.25, 0.3) is 0 Å². The van der Waals surface area contributed by atoms with Gasteiger partial charge in [0.1, 0.15) is 22.9 Å². The minimum absolute atomic E-state index is 0.00203. The molecule has 4 nitrogen and oxygen atoms in total. The van der Waals surface area contributed by atoms with Crippen molar-refractivity contribution < 1.29 is 18.3 Å². The molecule has 3 N–H and O–H groups in total. The predicted molar refractivity (Wildman–Crippen MR) is 71.7 cm³/mol. The van der Waals surface area contributed by atoms with E-state index in [9.17, 15) is 13.6 Å². The van der Waals surface area contributed by atoms with Crippen LogP contribution in [-0.2, 0) is 0 Å². The Bertz CT molecular complexity index is 639. The van der Waals surface area contributed by atoms with Crippen molar-refractivity contribution >= 4 is 17.3 Å². The van der Waals surface area contributed by atoms with Gasteiger partial charge < -0.3 is 15.8 Å². The van der Waals surface area contributed by atoms with E-state index in [1.54, 1.807) is 12.1 Å². The van der Waals surface area contributed by atoms with Gasteiger partial charge in [0, 0.05) is 17.4 Å². The zero-order valence-electron chi connectivity index (χ0n) is 10.6. The van der Waals surface area contributed by atoms with Gasteiger partial charge in [-0.3, -0.25) is 4.79 Å². The molecular weight excluding hydrogens is 266 g/mol. The van der Waals surface area contributed by atoms with Crippen LogP contribution in [0.1, 0.15) is 10.4 Å². The van der Waals surface area contributed by atoms with Gasteiger partial charge >= 0.3 is 0 Å². The first-order valence-electron chi connectivity index (χ1n) is 5.71. The van der Waals surface area contributed by atoms with E-state index < -0.39 is 17.5 Å². The normalized spacial score (nSPS) is 10.2. The second-order valence-electron chi connectivity index (χ2n) is 4.04. The Labute approximate surface area is 114 Å². The molecule has 20 heavy (non-hydrogen) atoms. The van der Waals surface area contributed by atoms with Crippen molar-refractivity contribution in [2.24, 2.45) is 0 Å². The Morgan fingerprint density at radius 1 is 1.20 bits per heavy atom. The van der Waals surface area contributed by atoms with Crippen LogP contribution in [0.5, 0.6) is 5.75 Å². The lowest BCUT2D eigenvalue weighted by Crippen LogP contribution is -2.15. The van der Waals surface area contributed by atoms with Crippen molar-refractivity contribution in [2.75, 3.05) is 18.2 Å². The van der Waals surface area contributed by atoms with E-state index in [0.29, 0.717) is 6.07 Å². The summed E-state index contributed by atoms with van der Waals surface area (Å²) in [7, 11) is 1.40. The minimum atomic E-state index is -0.784. The summed E-state index contributed by atoms with van der Waals surface area (Å²) in [5.74, 6) is -1.90. The number of anilines is 2. The first-order chi connectivity index (χ1) is 9.51. The highest BCUT2D eigenvalue weighted by molar-refractivity contribution is 6.09. The Morgan fingerprint density at radius 2 is 1.85 bits per heavy atom. The fourth-order valence-corrected chi connectivity index (χ4v) is 1.78. The largest absolute Gasteiger partial charge is 0.496 e. The van der Waals surface area contributed by atoms with E-state index >= 15 is 0 Å². The van der Waals surface area contributed by atoms with E-state index in [0.717, 1.165) is 12.1 Å². The summed E-state index contributed by atoms with van der Waals surface area (Å²) in [5, 5.41) is 2.38. The minimum Gasteiger partial charge on any atom is -0.496 e. The molecule has 2 rings (SSSR count). The summed E-state index contributed by atoms with van der Waals surface area (Å²) >= 11 is 0. The average Bonchev–Trinajstić information content (AvgIpc) is 2.36. The third kappa shape index (κ3) is 2.85. The zero-order valence-corrected chi connectivity index (χ0v) is 10.6. The van der Waals surface area contributed by atoms with Crippen molar-refractivity contribution in [3.63, 3.8) is 0 Å². The van der Waals surface area contributed by atoms with Crippen molar-refractivity contribution in [3.05, 3.63) is 53.6 Å². The maximum absolute atomic E-state index is 13.1. The predicted octanol–water partition coefficient (Wildman–Crippen LogP) is 2.81. The number of nitrogen functional groups attached to an aromatic ring is 1. The topological polar surface area (TPSA) is 64.3 Å². The molecule has 0 aromatic heterocycles. The lowest BCUT2D eigenvalue weighted by atomic mass is 10.1. The number of hydrogen-bond acceptors (Lipinski definition) is 3. The van der Waals surface area contributed by atoms with Gasteiger partial charge in [0.05, 0.1) is 7.11 Å². The van der Waals surface area contributed by atoms with E-state index in [1.165, 1.54) is 13.2 Å². The first kappa shape index (κ1) is 13.8. The van der Waals surface area contributed by atoms with Crippen LogP contribution >= 0.6 is 0 Å². The van der Waals surface area contributed by atoms with Gasteiger partial charge in [0.25, 0.3) is 5.91 Å². The summed E-state index contributed by atoms with van der Waals surface area (Å²) in [6.07, 6.45) is 0. The van der Waals surface area contributed by atoms with E-state index in [1.807, 2.05) is 0 Å². The molecule has 0 aliphatic rings. The monoisotopic (exact) mass is 278 g/mol. The van der Waals surface area contributed by atoms with E-state index in [-0.39, 0.29) is 22.7 Å². The van der Waals surface area contributed by atoms with Crippen molar-refractivity contribution in [1.82, 2.24) is 0 Å². The van der Waals surface area contributed by atoms with Crippen molar-refractivity contribution in [3.8, 4) is 5.75 Å². The molecular formula is C14H12F2N2O2. The zero-order chi connectivity index (χ0) is 14.7. The number of hydrogen-bond donors (Lipinski definition) is 2. The van der Waals surface area contributed by atoms with Crippen LogP contribution < -0.4 is 15.8 Å². The standard InChI is InChI=1S/C14H12F2N2O2/c1-20-12-4-2-3-11(17)13(12)14(19)18-10-6-8(15)5-9(16)7-10/h2-7H,17H2,1H3,(H,18,19). The molecule has 0 aliphatic carbocycles. The van der Waals surface area contributed by atoms with Crippen LogP contribution in [0.4, 0.5) is 20.2 Å². The summed E-state index contributed by atoms with van der Waals surface area (Å²) in [6, 6.07) is 7.46. The molecule has 0 saturated carbocycles. The van der Waals surface area contributed by atoms with Gasteiger partial charge in [-0.25, -0.2) is 8.78 Å².